The lowest BCUT2D eigenvalue weighted by Gasteiger charge is -2.15. The minimum Gasteiger partial charge on any atom is -0.376 e. The second-order valence-corrected chi connectivity index (χ2v) is 1.92. The van der Waals surface area contributed by atoms with Crippen LogP contribution < -0.4 is 0 Å². The quantitative estimate of drug-likeness (QED) is 0.526. The van der Waals surface area contributed by atoms with Gasteiger partial charge in [0.25, 0.3) is 0 Å². The van der Waals surface area contributed by atoms with E-state index in [0.717, 1.165) is 0 Å². The summed E-state index contributed by atoms with van der Waals surface area (Å²) in [5, 5.41) is 0. The fourth-order valence-corrected chi connectivity index (χ4v) is 0.696. The first-order valence-corrected chi connectivity index (χ1v) is 3.95. The van der Waals surface area contributed by atoms with E-state index in [4.69, 9.17) is 14.2 Å². The number of ether oxygens (including phenoxy) is 3. The first-order chi connectivity index (χ1) is 5.35. The second kappa shape index (κ2) is 7.98. The van der Waals surface area contributed by atoms with Crippen molar-refractivity contribution < 1.29 is 14.2 Å². The Morgan fingerprint density at radius 1 is 1.18 bits per heavy atom. The molecule has 1 radical (unpaired) electrons. The predicted molar refractivity (Wildman–Crippen MR) is 43.2 cm³/mol. The fourth-order valence-electron chi connectivity index (χ4n) is 0.696. The maximum absolute atomic E-state index is 5.21. The molecule has 0 heterocycles. The van der Waals surface area contributed by atoms with Crippen molar-refractivity contribution in [2.75, 3.05) is 26.4 Å². The van der Waals surface area contributed by atoms with Crippen LogP contribution in [0, 0.1) is 6.92 Å². The third-order valence-electron chi connectivity index (χ3n) is 1.10. The van der Waals surface area contributed by atoms with Crippen LogP contribution in [0.5, 0.6) is 0 Å². The van der Waals surface area contributed by atoms with Gasteiger partial charge in [-0.3, -0.25) is 0 Å². The molecule has 0 rings (SSSR count). The first kappa shape index (κ1) is 10.9. The molecule has 0 aromatic rings. The molecule has 0 saturated heterocycles. The normalized spacial score (nSPS) is 10.9. The molecule has 0 spiro atoms. The Balaban J connectivity index is 3.34. The van der Waals surface area contributed by atoms with Crippen molar-refractivity contribution in [3.8, 4) is 0 Å². The first-order valence-electron chi connectivity index (χ1n) is 3.95. The molecule has 0 atom stereocenters. The van der Waals surface area contributed by atoms with E-state index in [9.17, 15) is 0 Å². The smallest absolute Gasteiger partial charge is 0.180 e. The second-order valence-electron chi connectivity index (χ2n) is 1.92. The summed E-state index contributed by atoms with van der Waals surface area (Å²) in [6, 6.07) is 0. The monoisotopic (exact) mass is 161 g/mol. The van der Waals surface area contributed by atoms with E-state index >= 15 is 0 Å². The molecule has 0 aliphatic rings. The van der Waals surface area contributed by atoms with E-state index in [1.165, 1.54) is 0 Å². The van der Waals surface area contributed by atoms with Crippen LogP contribution >= 0.6 is 0 Å². The molecule has 0 amide bonds. The minimum absolute atomic E-state index is 0.230. The van der Waals surface area contributed by atoms with Gasteiger partial charge in [0, 0.05) is 19.8 Å². The highest BCUT2D eigenvalue weighted by atomic mass is 16.7. The zero-order valence-corrected chi connectivity index (χ0v) is 7.34. The summed E-state index contributed by atoms with van der Waals surface area (Å²) in [4.78, 5) is 0. The van der Waals surface area contributed by atoms with Gasteiger partial charge in [0.2, 0.25) is 0 Å². The number of hydrogen-bond donors (Lipinski definition) is 0. The molecule has 0 fully saturated rings. The van der Waals surface area contributed by atoms with Crippen LogP contribution in [0.15, 0.2) is 0 Å². The molecular formula is C8H17O3. The molecular weight excluding hydrogens is 144 g/mol. The lowest BCUT2D eigenvalue weighted by molar-refractivity contribution is -0.165. The van der Waals surface area contributed by atoms with Crippen molar-refractivity contribution in [1.82, 2.24) is 0 Å². The van der Waals surface area contributed by atoms with Gasteiger partial charge in [-0.15, -0.1) is 0 Å². The van der Waals surface area contributed by atoms with Crippen molar-refractivity contribution in [3.63, 3.8) is 0 Å². The predicted octanol–water partition coefficient (Wildman–Crippen LogP) is 1.24. The van der Waals surface area contributed by atoms with Crippen molar-refractivity contribution in [2.45, 2.75) is 20.1 Å². The van der Waals surface area contributed by atoms with Crippen molar-refractivity contribution in [3.05, 3.63) is 6.92 Å². The highest BCUT2D eigenvalue weighted by Crippen LogP contribution is 1.95. The average molecular weight is 161 g/mol. The lowest BCUT2D eigenvalue weighted by atomic mass is 10.6. The topological polar surface area (TPSA) is 27.7 Å². The SMILES string of the molecule is [CH2]COCC(OCC)OCC. The molecule has 0 N–H and O–H groups in total. The molecule has 0 bridgehead atoms. The fraction of sp³-hybridized carbons (Fsp3) is 0.875. The molecule has 0 unspecified atom stereocenters. The van der Waals surface area contributed by atoms with E-state index < -0.39 is 0 Å². The molecule has 67 valence electrons. The maximum atomic E-state index is 5.21. The van der Waals surface area contributed by atoms with Gasteiger partial charge in [0.1, 0.15) is 0 Å². The van der Waals surface area contributed by atoms with Gasteiger partial charge in [0.05, 0.1) is 6.61 Å². The molecule has 11 heavy (non-hydrogen) atoms. The molecule has 0 aliphatic heterocycles. The summed E-state index contributed by atoms with van der Waals surface area (Å²) >= 11 is 0. The van der Waals surface area contributed by atoms with Crippen molar-refractivity contribution in [2.24, 2.45) is 0 Å². The van der Waals surface area contributed by atoms with Gasteiger partial charge in [-0.05, 0) is 20.8 Å². The van der Waals surface area contributed by atoms with Gasteiger partial charge >= 0.3 is 0 Å². The van der Waals surface area contributed by atoms with Gasteiger partial charge in [0.15, 0.2) is 6.29 Å². The Hall–Kier alpha value is -0.120. The highest BCUT2D eigenvalue weighted by Gasteiger charge is 2.05. The largest absolute Gasteiger partial charge is 0.376 e. The van der Waals surface area contributed by atoms with Crippen LogP contribution in [-0.2, 0) is 14.2 Å². The van der Waals surface area contributed by atoms with E-state index in [-0.39, 0.29) is 6.29 Å². The lowest BCUT2D eigenvalue weighted by Crippen LogP contribution is -2.23. The summed E-state index contributed by atoms with van der Waals surface area (Å²) in [5.74, 6) is 0. The molecule has 0 aromatic heterocycles. The Labute approximate surface area is 68.6 Å². The molecule has 0 aliphatic carbocycles. The number of hydrogen-bond acceptors (Lipinski definition) is 3. The molecule has 3 nitrogen and oxygen atoms in total. The Morgan fingerprint density at radius 3 is 2.09 bits per heavy atom. The maximum Gasteiger partial charge on any atom is 0.180 e. The van der Waals surface area contributed by atoms with Gasteiger partial charge in [-0.2, -0.15) is 0 Å². The van der Waals surface area contributed by atoms with Gasteiger partial charge in [-0.1, -0.05) is 0 Å². The molecule has 3 heteroatoms. The van der Waals surface area contributed by atoms with Crippen LogP contribution in [-0.4, -0.2) is 32.7 Å². The zero-order chi connectivity index (χ0) is 8.53. The third-order valence-corrected chi connectivity index (χ3v) is 1.10. The van der Waals surface area contributed by atoms with Gasteiger partial charge in [-0.25, -0.2) is 0 Å². The van der Waals surface area contributed by atoms with E-state index in [0.29, 0.717) is 26.4 Å². The summed E-state index contributed by atoms with van der Waals surface area (Å²) in [7, 11) is 0. The molecule has 0 saturated carbocycles. The summed E-state index contributed by atoms with van der Waals surface area (Å²) in [6.07, 6.45) is -0.230. The van der Waals surface area contributed by atoms with Crippen LogP contribution in [0.4, 0.5) is 0 Å². The summed E-state index contributed by atoms with van der Waals surface area (Å²) in [6.45, 7) is 9.60. The summed E-state index contributed by atoms with van der Waals surface area (Å²) in [5.41, 5.74) is 0. The van der Waals surface area contributed by atoms with Crippen molar-refractivity contribution >= 4 is 0 Å². The van der Waals surface area contributed by atoms with E-state index in [2.05, 4.69) is 6.92 Å². The Morgan fingerprint density at radius 2 is 1.73 bits per heavy atom. The van der Waals surface area contributed by atoms with Gasteiger partial charge < -0.3 is 14.2 Å². The van der Waals surface area contributed by atoms with Crippen molar-refractivity contribution in [1.29, 1.82) is 0 Å². The standard InChI is InChI=1S/C8H17O3/c1-4-9-7-8(10-5-2)11-6-3/h8H,1,4-7H2,2-3H3. The number of rotatable bonds is 7. The Bertz CT molecular complexity index is 69.7. The molecule has 0 aromatic carbocycles. The van der Waals surface area contributed by atoms with E-state index in [1.807, 2.05) is 13.8 Å². The van der Waals surface area contributed by atoms with E-state index in [1.54, 1.807) is 0 Å². The highest BCUT2D eigenvalue weighted by molar-refractivity contribution is 4.41. The minimum atomic E-state index is -0.230. The summed E-state index contributed by atoms with van der Waals surface area (Å²) < 4.78 is 15.5. The van der Waals surface area contributed by atoms with Crippen LogP contribution in [0.25, 0.3) is 0 Å². The third kappa shape index (κ3) is 6.28. The van der Waals surface area contributed by atoms with Crippen LogP contribution in [0.2, 0.25) is 0 Å². The van der Waals surface area contributed by atoms with Crippen LogP contribution in [0.1, 0.15) is 13.8 Å². The zero-order valence-electron chi connectivity index (χ0n) is 7.34. The Kier molecular flexibility index (Phi) is 7.89. The van der Waals surface area contributed by atoms with Crippen LogP contribution in [0.3, 0.4) is 0 Å². The average Bonchev–Trinajstić information content (AvgIpc) is 2.01.